The van der Waals surface area contributed by atoms with E-state index in [9.17, 15) is 0 Å². The van der Waals surface area contributed by atoms with Crippen molar-refractivity contribution in [1.82, 2.24) is 30.3 Å². The Bertz CT molecular complexity index is 531. The summed E-state index contributed by atoms with van der Waals surface area (Å²) < 4.78 is 2.09. The van der Waals surface area contributed by atoms with E-state index < -0.39 is 0 Å². The van der Waals surface area contributed by atoms with Crippen molar-refractivity contribution in [2.75, 3.05) is 26.2 Å². The maximum Gasteiger partial charge on any atom is 0.191 e. The summed E-state index contributed by atoms with van der Waals surface area (Å²) >= 11 is 0. The molecule has 1 saturated heterocycles. The number of piperidine rings is 1. The van der Waals surface area contributed by atoms with E-state index in [0.717, 1.165) is 44.4 Å². The molecule has 2 rings (SSSR count). The third-order valence-electron chi connectivity index (χ3n) is 4.94. The van der Waals surface area contributed by atoms with Crippen molar-refractivity contribution in [3.63, 3.8) is 0 Å². The summed E-state index contributed by atoms with van der Waals surface area (Å²) in [6.07, 6.45) is 6.69. The van der Waals surface area contributed by atoms with Crippen LogP contribution in [0.15, 0.2) is 11.3 Å². The third-order valence-corrected chi connectivity index (χ3v) is 4.94. The predicted molar refractivity (Wildman–Crippen MR) is 118 cm³/mol. The van der Waals surface area contributed by atoms with Gasteiger partial charge in [-0.1, -0.05) is 13.3 Å². The Labute approximate surface area is 175 Å². The van der Waals surface area contributed by atoms with E-state index in [-0.39, 0.29) is 24.0 Å². The van der Waals surface area contributed by atoms with E-state index in [1.54, 1.807) is 6.33 Å². The highest BCUT2D eigenvalue weighted by molar-refractivity contribution is 14.0. The number of nitrogens with one attached hydrogen (secondary N) is 2. The molecule has 0 aliphatic carbocycles. The van der Waals surface area contributed by atoms with Crippen molar-refractivity contribution >= 4 is 29.9 Å². The number of hydrogen-bond donors (Lipinski definition) is 2. The van der Waals surface area contributed by atoms with Gasteiger partial charge in [-0.05, 0) is 40.2 Å². The van der Waals surface area contributed by atoms with Crippen LogP contribution in [0, 0.1) is 0 Å². The van der Waals surface area contributed by atoms with Gasteiger partial charge in [0.1, 0.15) is 12.2 Å². The van der Waals surface area contributed by atoms with Crippen molar-refractivity contribution in [1.29, 1.82) is 0 Å². The Hall–Kier alpha value is -0.900. The average molecular weight is 477 g/mol. The number of guanidine groups is 1. The number of aliphatic imine (C=N–C) groups is 1. The van der Waals surface area contributed by atoms with Crippen molar-refractivity contribution < 1.29 is 0 Å². The zero-order chi connectivity index (χ0) is 18.1. The fourth-order valence-electron chi connectivity index (χ4n) is 3.48. The average Bonchev–Trinajstić information content (AvgIpc) is 3.07. The molecule has 0 radical (unpaired) electrons. The Morgan fingerprint density at radius 2 is 2.15 bits per heavy atom. The normalized spacial score (nSPS) is 19.7. The van der Waals surface area contributed by atoms with Crippen LogP contribution in [-0.4, -0.2) is 63.9 Å². The van der Waals surface area contributed by atoms with Gasteiger partial charge in [-0.3, -0.25) is 9.89 Å². The Kier molecular flexibility index (Phi) is 11.1. The van der Waals surface area contributed by atoms with E-state index in [2.05, 4.69) is 58.0 Å². The van der Waals surface area contributed by atoms with E-state index in [4.69, 9.17) is 4.99 Å². The first-order valence-corrected chi connectivity index (χ1v) is 9.80. The van der Waals surface area contributed by atoms with Gasteiger partial charge in [0, 0.05) is 38.1 Å². The van der Waals surface area contributed by atoms with Crippen LogP contribution in [0.5, 0.6) is 0 Å². The second-order valence-electron chi connectivity index (χ2n) is 6.87. The molecule has 0 amide bonds. The summed E-state index contributed by atoms with van der Waals surface area (Å²) in [7, 11) is 0. The van der Waals surface area contributed by atoms with Crippen LogP contribution < -0.4 is 10.6 Å². The van der Waals surface area contributed by atoms with Crippen LogP contribution in [0.4, 0.5) is 0 Å². The zero-order valence-electron chi connectivity index (χ0n) is 16.7. The highest BCUT2D eigenvalue weighted by atomic mass is 127. The monoisotopic (exact) mass is 477 g/mol. The fourth-order valence-corrected chi connectivity index (χ4v) is 3.48. The predicted octanol–water partition coefficient (Wildman–Crippen LogP) is 2.28. The summed E-state index contributed by atoms with van der Waals surface area (Å²) in [5.74, 6) is 1.92. The van der Waals surface area contributed by atoms with Crippen LogP contribution in [0.25, 0.3) is 0 Å². The zero-order valence-corrected chi connectivity index (χ0v) is 19.1. The van der Waals surface area contributed by atoms with Gasteiger partial charge in [-0.2, -0.15) is 0 Å². The minimum absolute atomic E-state index is 0. The smallest absolute Gasteiger partial charge is 0.191 e. The van der Waals surface area contributed by atoms with Gasteiger partial charge in [-0.25, -0.2) is 0 Å². The summed E-state index contributed by atoms with van der Waals surface area (Å²) in [6.45, 7) is 13.4. The molecule has 8 heteroatoms. The van der Waals surface area contributed by atoms with Crippen molar-refractivity contribution in [3.8, 4) is 0 Å². The number of hydrogen-bond acceptors (Lipinski definition) is 4. The number of likely N-dealkylation sites (tertiary alicyclic amines) is 1. The lowest BCUT2D eigenvalue weighted by Crippen LogP contribution is -2.46. The molecule has 1 aromatic rings. The number of aryl methyl sites for hydroxylation is 1. The second kappa shape index (κ2) is 12.5. The summed E-state index contributed by atoms with van der Waals surface area (Å²) in [6, 6.07) is 1.16. The summed E-state index contributed by atoms with van der Waals surface area (Å²) in [4.78, 5) is 7.40. The lowest BCUT2D eigenvalue weighted by Gasteiger charge is -2.37. The number of aromatic nitrogens is 3. The van der Waals surface area contributed by atoms with Gasteiger partial charge < -0.3 is 15.2 Å². The summed E-state index contributed by atoms with van der Waals surface area (Å²) in [5, 5.41) is 14.9. The quantitative estimate of drug-likeness (QED) is 0.342. The van der Waals surface area contributed by atoms with Gasteiger partial charge in [0.05, 0.1) is 6.54 Å². The molecular weight excluding hydrogens is 441 g/mol. The minimum Gasteiger partial charge on any atom is -0.357 e. The third kappa shape index (κ3) is 7.02. The van der Waals surface area contributed by atoms with Gasteiger partial charge in [0.25, 0.3) is 0 Å². The summed E-state index contributed by atoms with van der Waals surface area (Å²) in [5.41, 5.74) is 0. The molecule has 2 unspecified atom stereocenters. The SMILES string of the molecule is CCNC(=NCC(C)N1CCCCC1C)NCCn1cnnc1CC.I. The van der Waals surface area contributed by atoms with Gasteiger partial charge >= 0.3 is 0 Å². The Balaban J connectivity index is 0.00000338. The molecule has 26 heavy (non-hydrogen) atoms. The molecular formula is C18H36IN7. The fraction of sp³-hybridized carbons (Fsp3) is 0.833. The minimum atomic E-state index is 0. The Morgan fingerprint density at radius 3 is 2.85 bits per heavy atom. The molecule has 150 valence electrons. The van der Waals surface area contributed by atoms with E-state index in [1.165, 1.54) is 25.8 Å². The van der Waals surface area contributed by atoms with E-state index >= 15 is 0 Å². The standard InChI is InChI=1S/C18H35N7.HI/c1-5-17-23-22-14-24(17)12-10-20-18(19-6-2)21-13-16(4)25-11-8-7-9-15(25)3;/h14-16H,5-13H2,1-4H3,(H2,19,20,21);1H. The first-order valence-electron chi connectivity index (χ1n) is 9.80. The highest BCUT2D eigenvalue weighted by Crippen LogP contribution is 2.19. The topological polar surface area (TPSA) is 70.4 Å². The molecule has 1 fully saturated rings. The number of rotatable bonds is 8. The van der Waals surface area contributed by atoms with Gasteiger partial charge in [-0.15, -0.1) is 34.2 Å². The molecule has 0 spiro atoms. The van der Waals surface area contributed by atoms with Crippen LogP contribution in [0.3, 0.4) is 0 Å². The molecule has 1 aromatic heterocycles. The van der Waals surface area contributed by atoms with Crippen LogP contribution in [-0.2, 0) is 13.0 Å². The van der Waals surface area contributed by atoms with E-state index in [0.29, 0.717) is 12.1 Å². The van der Waals surface area contributed by atoms with Crippen molar-refractivity contribution in [3.05, 3.63) is 12.2 Å². The van der Waals surface area contributed by atoms with Crippen molar-refractivity contribution in [2.45, 2.75) is 72.0 Å². The van der Waals surface area contributed by atoms with Crippen LogP contribution in [0.1, 0.15) is 52.8 Å². The number of nitrogens with zero attached hydrogens (tertiary/aromatic N) is 5. The first-order chi connectivity index (χ1) is 12.2. The highest BCUT2D eigenvalue weighted by Gasteiger charge is 2.22. The molecule has 0 aromatic carbocycles. The largest absolute Gasteiger partial charge is 0.357 e. The number of halogens is 1. The molecule has 2 heterocycles. The second-order valence-corrected chi connectivity index (χ2v) is 6.87. The van der Waals surface area contributed by atoms with Gasteiger partial charge in [0.2, 0.25) is 0 Å². The molecule has 7 nitrogen and oxygen atoms in total. The maximum atomic E-state index is 4.80. The van der Waals surface area contributed by atoms with Crippen LogP contribution >= 0.6 is 24.0 Å². The van der Waals surface area contributed by atoms with Gasteiger partial charge in [0.15, 0.2) is 5.96 Å². The van der Waals surface area contributed by atoms with E-state index in [1.807, 2.05) is 0 Å². The maximum absolute atomic E-state index is 4.80. The molecule has 0 bridgehead atoms. The Morgan fingerprint density at radius 1 is 1.35 bits per heavy atom. The molecule has 2 N–H and O–H groups in total. The first kappa shape index (κ1) is 23.1. The van der Waals surface area contributed by atoms with Crippen molar-refractivity contribution in [2.24, 2.45) is 4.99 Å². The molecule has 1 aliphatic heterocycles. The lowest BCUT2D eigenvalue weighted by atomic mass is 10.0. The molecule has 1 aliphatic rings. The lowest BCUT2D eigenvalue weighted by molar-refractivity contribution is 0.118. The molecule has 0 saturated carbocycles. The molecule has 2 atom stereocenters. The van der Waals surface area contributed by atoms with Crippen LogP contribution in [0.2, 0.25) is 0 Å².